The number of sulfone groups is 1. The molecule has 1 aromatic heterocycles. The third-order valence-corrected chi connectivity index (χ3v) is 8.38. The predicted octanol–water partition coefficient (Wildman–Crippen LogP) is -1.57. The Morgan fingerprint density at radius 1 is 1.41 bits per heavy atom. The summed E-state index contributed by atoms with van der Waals surface area (Å²) < 4.78 is 24.9. The lowest BCUT2D eigenvalue weighted by molar-refractivity contribution is -0.150. The van der Waals surface area contributed by atoms with E-state index in [0.717, 1.165) is 28.0 Å². The lowest BCUT2D eigenvalue weighted by Gasteiger charge is -2.49. The monoisotopic (exact) mass is 531 g/mol. The number of β-lactam (4-membered cyclic amide) rings is 1. The first-order chi connectivity index (χ1) is 15.9. The first-order valence-electron chi connectivity index (χ1n) is 9.56. The van der Waals surface area contributed by atoms with Gasteiger partial charge in [0.2, 0.25) is 0 Å². The molecule has 0 aliphatic carbocycles. The summed E-state index contributed by atoms with van der Waals surface area (Å²) in [7, 11) is -3.72. The molecule has 0 saturated carbocycles. The van der Waals surface area contributed by atoms with Crippen molar-refractivity contribution in [3.63, 3.8) is 0 Å². The molecule has 3 rings (SSSR count). The minimum absolute atomic E-state index is 0.00945. The van der Waals surface area contributed by atoms with Crippen LogP contribution in [0.15, 0.2) is 26.8 Å². The van der Waals surface area contributed by atoms with Gasteiger partial charge >= 0.3 is 5.97 Å². The van der Waals surface area contributed by atoms with Gasteiger partial charge < -0.3 is 27.1 Å². The van der Waals surface area contributed by atoms with E-state index in [-0.39, 0.29) is 40.3 Å². The molecule has 3 heterocycles. The molecular weight excluding hydrogens is 510 g/mol. The Morgan fingerprint density at radius 2 is 2.12 bits per heavy atom. The summed E-state index contributed by atoms with van der Waals surface area (Å²) in [5.41, 5.74) is 10.1. The topological polar surface area (TPSA) is 231 Å². The summed E-state index contributed by atoms with van der Waals surface area (Å²) in [5, 5.41) is 25.0. The number of nitrogens with two attached hydrogens (primary N) is 2. The lowest BCUT2D eigenvalue weighted by Crippen LogP contribution is -2.71. The number of amidine groups is 1. The van der Waals surface area contributed by atoms with Crippen LogP contribution in [-0.4, -0.2) is 93.2 Å². The molecule has 1 saturated heterocycles. The minimum Gasteiger partial charge on any atom is -0.477 e. The van der Waals surface area contributed by atoms with Crippen molar-refractivity contribution in [2.75, 3.05) is 29.5 Å². The van der Waals surface area contributed by atoms with Crippen LogP contribution in [0.5, 0.6) is 0 Å². The van der Waals surface area contributed by atoms with E-state index >= 15 is 0 Å². The van der Waals surface area contributed by atoms with Crippen LogP contribution in [0, 0.1) is 0 Å². The first-order valence-corrected chi connectivity index (χ1v) is 13.3. The molecule has 1 unspecified atom stereocenters. The Kier molecular flexibility index (Phi) is 7.47. The van der Waals surface area contributed by atoms with Crippen LogP contribution in [-0.2, 0) is 24.2 Å². The number of aliphatic imine (C=N–C) groups is 1. The van der Waals surface area contributed by atoms with E-state index < -0.39 is 56.2 Å². The number of rotatable bonds is 9. The number of fused-ring (bicyclic) bond motifs is 1. The van der Waals surface area contributed by atoms with Crippen LogP contribution in [0.25, 0.3) is 0 Å². The standard InChI is InChI=1S/C17H21N7O7S3/c1-7(18)20-2-3-34(30,31)6-8-4-32-15-11(14(26)24(15)12(8)16(27)28)22-13(25)10(23-29)9-5-33-17(19)21-9/h5,11,15,29H,2-4,6H2,1H3,(H2,18,20)(H2,19,21)(H,22,25)(H,27,28)/b23-10-/t11?,15-/m1/s1. The highest BCUT2D eigenvalue weighted by Crippen LogP contribution is 2.40. The molecule has 0 spiro atoms. The maximum absolute atomic E-state index is 12.7. The maximum Gasteiger partial charge on any atom is 0.352 e. The number of carboxylic acids is 1. The van der Waals surface area contributed by atoms with E-state index in [1.807, 2.05) is 0 Å². The van der Waals surface area contributed by atoms with Crippen LogP contribution in [0.1, 0.15) is 12.6 Å². The summed E-state index contributed by atoms with van der Waals surface area (Å²) in [5.74, 6) is -3.75. The summed E-state index contributed by atoms with van der Waals surface area (Å²) in [4.78, 5) is 45.8. The minimum atomic E-state index is -3.72. The van der Waals surface area contributed by atoms with Gasteiger partial charge in [-0.15, -0.1) is 23.1 Å². The molecule has 0 bridgehead atoms. The second-order valence-corrected chi connectivity index (χ2v) is 11.4. The summed E-state index contributed by atoms with van der Waals surface area (Å²) in [6, 6.07) is -1.11. The van der Waals surface area contributed by atoms with E-state index in [1.54, 1.807) is 0 Å². The van der Waals surface area contributed by atoms with Gasteiger partial charge in [-0.1, -0.05) is 5.16 Å². The second-order valence-electron chi connectivity index (χ2n) is 7.25. The number of carbonyl (C=O) groups excluding carboxylic acids is 2. The number of carbonyl (C=O) groups is 3. The second kappa shape index (κ2) is 9.98. The molecule has 2 atom stereocenters. The van der Waals surface area contributed by atoms with Crippen LogP contribution in [0.2, 0.25) is 0 Å². The molecule has 34 heavy (non-hydrogen) atoms. The molecule has 2 amide bonds. The van der Waals surface area contributed by atoms with Crippen molar-refractivity contribution in [3.05, 3.63) is 22.3 Å². The Morgan fingerprint density at radius 3 is 2.68 bits per heavy atom. The Balaban J connectivity index is 1.76. The molecule has 14 nitrogen and oxygen atoms in total. The quantitative estimate of drug-likeness (QED) is 0.0803. The average Bonchev–Trinajstić information content (AvgIpc) is 3.17. The molecule has 17 heteroatoms. The number of amides is 2. The zero-order valence-corrected chi connectivity index (χ0v) is 20.1. The number of nitrogens with zero attached hydrogens (tertiary/aromatic N) is 4. The van der Waals surface area contributed by atoms with Crippen molar-refractivity contribution >= 4 is 67.4 Å². The van der Waals surface area contributed by atoms with Gasteiger partial charge in [-0.2, -0.15) is 0 Å². The van der Waals surface area contributed by atoms with Gasteiger partial charge in [-0.25, -0.2) is 18.2 Å². The maximum atomic E-state index is 12.7. The SMILES string of the molecule is CC(N)=NCCS(=O)(=O)CC1=C(C(=O)O)N2C(=O)C(NC(=O)/C(=N\O)c3csc(N)n3)[C@H]2SC1. The number of hydrogen-bond acceptors (Lipinski definition) is 12. The number of nitrogens with one attached hydrogen (secondary N) is 1. The number of hydrogen-bond donors (Lipinski definition) is 5. The fourth-order valence-electron chi connectivity index (χ4n) is 3.31. The van der Waals surface area contributed by atoms with Crippen LogP contribution in [0.4, 0.5) is 5.13 Å². The highest BCUT2D eigenvalue weighted by Gasteiger charge is 2.54. The summed E-state index contributed by atoms with van der Waals surface area (Å²) >= 11 is 2.12. The van der Waals surface area contributed by atoms with Gasteiger partial charge in [0.05, 0.1) is 23.9 Å². The van der Waals surface area contributed by atoms with Gasteiger partial charge in [0.25, 0.3) is 11.8 Å². The van der Waals surface area contributed by atoms with Crippen molar-refractivity contribution in [2.45, 2.75) is 18.3 Å². The lowest BCUT2D eigenvalue weighted by atomic mass is 10.0. The third-order valence-electron chi connectivity index (χ3n) is 4.77. The molecule has 1 aromatic rings. The number of aliphatic carboxylic acids is 1. The highest BCUT2D eigenvalue weighted by atomic mass is 32.2. The third kappa shape index (κ3) is 5.31. The normalized spacial score (nSPS) is 21.2. The molecule has 7 N–H and O–H groups in total. The number of aromatic nitrogens is 1. The average molecular weight is 532 g/mol. The Labute approximate surface area is 201 Å². The number of thioether (sulfide) groups is 1. The smallest absolute Gasteiger partial charge is 0.352 e. The highest BCUT2D eigenvalue weighted by molar-refractivity contribution is 8.00. The van der Waals surface area contributed by atoms with Crippen molar-refractivity contribution in [1.29, 1.82) is 0 Å². The van der Waals surface area contributed by atoms with Crippen molar-refractivity contribution in [1.82, 2.24) is 15.2 Å². The van der Waals surface area contributed by atoms with E-state index in [1.165, 1.54) is 12.3 Å². The first kappa shape index (κ1) is 25.4. The fraction of sp³-hybridized carbons (Fsp3) is 0.412. The van der Waals surface area contributed by atoms with Crippen molar-refractivity contribution in [2.24, 2.45) is 15.9 Å². The number of thiazole rings is 1. The van der Waals surface area contributed by atoms with Gasteiger partial charge in [0.1, 0.15) is 22.8 Å². The molecule has 2 aliphatic rings. The molecule has 0 aromatic carbocycles. The van der Waals surface area contributed by atoms with Crippen molar-refractivity contribution in [3.8, 4) is 0 Å². The van der Waals surface area contributed by atoms with Gasteiger partial charge in [-0.05, 0) is 12.5 Å². The molecule has 184 valence electrons. The van der Waals surface area contributed by atoms with Crippen molar-refractivity contribution < 1.29 is 33.1 Å². The van der Waals surface area contributed by atoms with E-state index in [0.29, 0.717) is 0 Å². The van der Waals surface area contributed by atoms with Gasteiger partial charge in [0.15, 0.2) is 20.7 Å². The number of oxime groups is 1. The van der Waals surface area contributed by atoms with Crippen LogP contribution in [0.3, 0.4) is 0 Å². The van der Waals surface area contributed by atoms with E-state index in [4.69, 9.17) is 11.5 Å². The largest absolute Gasteiger partial charge is 0.477 e. The van der Waals surface area contributed by atoms with Gasteiger partial charge in [0, 0.05) is 11.1 Å². The zero-order chi connectivity index (χ0) is 25.2. The predicted molar refractivity (Wildman–Crippen MR) is 125 cm³/mol. The Hall–Kier alpha value is -3.18. The molecule has 0 radical (unpaired) electrons. The summed E-state index contributed by atoms with van der Waals surface area (Å²) in [6.07, 6.45) is 0. The molecular formula is C17H21N7O7S3. The van der Waals surface area contributed by atoms with E-state index in [9.17, 15) is 33.1 Å². The van der Waals surface area contributed by atoms with Gasteiger partial charge in [-0.3, -0.25) is 19.5 Å². The zero-order valence-electron chi connectivity index (χ0n) is 17.7. The van der Waals surface area contributed by atoms with Crippen LogP contribution < -0.4 is 16.8 Å². The number of nitrogen functional groups attached to an aromatic ring is 1. The number of carboxylic acid groups (broad SMARTS) is 1. The van der Waals surface area contributed by atoms with E-state index in [2.05, 4.69) is 20.4 Å². The summed E-state index contributed by atoms with van der Waals surface area (Å²) in [6.45, 7) is 1.45. The fourth-order valence-corrected chi connectivity index (χ4v) is 6.62. The molecule has 2 aliphatic heterocycles. The molecule has 1 fully saturated rings. The van der Waals surface area contributed by atoms with Crippen LogP contribution >= 0.6 is 23.1 Å². The number of anilines is 1. The Bertz CT molecular complexity index is 1220.